The Morgan fingerprint density at radius 3 is 1.34 bits per heavy atom. The van der Waals surface area contributed by atoms with Gasteiger partial charge in [0.15, 0.2) is 0 Å². The second-order valence-electron chi connectivity index (χ2n) is 12.4. The molecule has 0 bridgehead atoms. The van der Waals surface area contributed by atoms with Gasteiger partial charge in [-0.25, -0.2) is 0 Å². The molecule has 0 saturated heterocycles. The Balaban J connectivity index is 1.30. The van der Waals surface area contributed by atoms with E-state index in [9.17, 15) is 0 Å². The number of hydrogen-bond donors (Lipinski definition) is 0. The lowest BCUT2D eigenvalue weighted by atomic mass is 9.83. The van der Waals surface area contributed by atoms with E-state index in [1.54, 1.807) is 0 Å². The summed E-state index contributed by atoms with van der Waals surface area (Å²) in [6.07, 6.45) is 0. The van der Waals surface area contributed by atoms with Gasteiger partial charge >= 0.3 is 0 Å². The Morgan fingerprint density at radius 1 is 0.255 bits per heavy atom. The second-order valence-corrected chi connectivity index (χ2v) is 12.4. The van der Waals surface area contributed by atoms with Crippen LogP contribution in [-0.2, 0) is 0 Å². The Hall–Kier alpha value is -6.18. The molecular formula is C46H28O. The standard InChI is InChI=1S/C46H28O/c1-2-15-30-29(13-1)14-9-24-34(30)44-37-16-3-5-18-39(37)45(40-19-6-4-17-38(40)44)35-25-11-21-31-32(35)22-10-23-33(31)36-26-12-28-43-46(36)41-20-7-8-27-42(41)47-43/h1-28H. The molecule has 0 atom stereocenters. The van der Waals surface area contributed by atoms with Gasteiger partial charge in [0.25, 0.3) is 0 Å². The fourth-order valence-electron chi connectivity index (χ4n) is 7.91. The van der Waals surface area contributed by atoms with Crippen molar-refractivity contribution in [1.29, 1.82) is 0 Å². The first-order chi connectivity index (χ1) is 23.3. The third-order valence-corrected chi connectivity index (χ3v) is 9.87. The molecule has 0 fully saturated rings. The van der Waals surface area contributed by atoms with E-state index < -0.39 is 0 Å². The topological polar surface area (TPSA) is 13.1 Å². The third-order valence-electron chi connectivity index (χ3n) is 9.87. The predicted octanol–water partition coefficient (Wildman–Crippen LogP) is 13.2. The van der Waals surface area contributed by atoms with E-state index in [0.29, 0.717) is 0 Å². The van der Waals surface area contributed by atoms with Crippen LogP contribution in [-0.4, -0.2) is 0 Å². The summed E-state index contributed by atoms with van der Waals surface area (Å²) in [4.78, 5) is 0. The number of fused-ring (bicyclic) bond motifs is 7. The Morgan fingerprint density at radius 2 is 0.660 bits per heavy atom. The van der Waals surface area contributed by atoms with Gasteiger partial charge in [0.05, 0.1) is 0 Å². The summed E-state index contributed by atoms with van der Waals surface area (Å²) < 4.78 is 6.29. The molecule has 1 aromatic heterocycles. The average Bonchev–Trinajstić information content (AvgIpc) is 3.52. The predicted molar refractivity (Wildman–Crippen MR) is 200 cm³/mol. The molecule has 0 unspecified atom stereocenters. The van der Waals surface area contributed by atoms with Crippen molar-refractivity contribution in [2.75, 3.05) is 0 Å². The van der Waals surface area contributed by atoms with Gasteiger partial charge in [-0.05, 0) is 88.6 Å². The highest BCUT2D eigenvalue weighted by Crippen LogP contribution is 2.47. The minimum Gasteiger partial charge on any atom is -0.456 e. The largest absolute Gasteiger partial charge is 0.456 e. The van der Waals surface area contributed by atoms with Gasteiger partial charge in [0.1, 0.15) is 11.2 Å². The molecule has 10 rings (SSSR count). The highest BCUT2D eigenvalue weighted by Gasteiger charge is 2.20. The smallest absolute Gasteiger partial charge is 0.136 e. The van der Waals surface area contributed by atoms with Gasteiger partial charge in [-0.2, -0.15) is 0 Å². The molecule has 218 valence electrons. The van der Waals surface area contributed by atoms with E-state index in [2.05, 4.69) is 164 Å². The van der Waals surface area contributed by atoms with Crippen molar-refractivity contribution in [3.05, 3.63) is 170 Å². The van der Waals surface area contributed by atoms with E-state index >= 15 is 0 Å². The fourth-order valence-corrected chi connectivity index (χ4v) is 7.91. The minimum absolute atomic E-state index is 0.915. The Kier molecular flexibility index (Phi) is 5.64. The van der Waals surface area contributed by atoms with Gasteiger partial charge in [0, 0.05) is 10.8 Å². The maximum absolute atomic E-state index is 6.29. The third kappa shape index (κ3) is 3.84. The van der Waals surface area contributed by atoms with Crippen molar-refractivity contribution in [3.8, 4) is 33.4 Å². The van der Waals surface area contributed by atoms with Crippen LogP contribution in [0.25, 0.3) is 98.4 Å². The van der Waals surface area contributed by atoms with Crippen molar-refractivity contribution >= 4 is 65.0 Å². The number of rotatable bonds is 3. The van der Waals surface area contributed by atoms with Crippen LogP contribution in [0, 0.1) is 0 Å². The van der Waals surface area contributed by atoms with E-state index in [0.717, 1.165) is 21.9 Å². The summed E-state index contributed by atoms with van der Waals surface area (Å²) in [5.74, 6) is 0. The highest BCUT2D eigenvalue weighted by atomic mass is 16.3. The molecule has 0 aliphatic carbocycles. The zero-order chi connectivity index (χ0) is 30.9. The van der Waals surface area contributed by atoms with Crippen LogP contribution in [0.3, 0.4) is 0 Å². The molecule has 0 saturated carbocycles. The molecule has 1 nitrogen and oxygen atoms in total. The van der Waals surface area contributed by atoms with Crippen LogP contribution in [0.1, 0.15) is 0 Å². The molecule has 0 aliphatic heterocycles. The highest BCUT2D eigenvalue weighted by molar-refractivity contribution is 6.26. The van der Waals surface area contributed by atoms with Crippen LogP contribution < -0.4 is 0 Å². The second kappa shape index (κ2) is 10.2. The molecule has 1 heterocycles. The minimum atomic E-state index is 0.915. The number of hydrogen-bond acceptors (Lipinski definition) is 1. The molecule has 0 N–H and O–H groups in total. The van der Waals surface area contributed by atoms with Gasteiger partial charge < -0.3 is 4.42 Å². The summed E-state index contributed by atoms with van der Waals surface area (Å²) in [7, 11) is 0. The summed E-state index contributed by atoms with van der Waals surface area (Å²) in [5.41, 5.74) is 9.30. The zero-order valence-corrected chi connectivity index (χ0v) is 25.6. The van der Waals surface area contributed by atoms with Gasteiger partial charge in [-0.3, -0.25) is 0 Å². The Labute approximate surface area is 271 Å². The molecule has 47 heavy (non-hydrogen) atoms. The molecule has 10 aromatic rings. The first kappa shape index (κ1) is 26.1. The number of benzene rings is 9. The zero-order valence-electron chi connectivity index (χ0n) is 25.6. The van der Waals surface area contributed by atoms with Gasteiger partial charge in [-0.1, -0.05) is 158 Å². The van der Waals surface area contributed by atoms with Crippen LogP contribution in [0.2, 0.25) is 0 Å². The quantitative estimate of drug-likeness (QED) is 0.185. The van der Waals surface area contributed by atoms with Crippen LogP contribution in [0.4, 0.5) is 0 Å². The van der Waals surface area contributed by atoms with Crippen molar-refractivity contribution in [2.24, 2.45) is 0 Å². The molecular weight excluding hydrogens is 569 g/mol. The number of para-hydroxylation sites is 1. The molecule has 0 spiro atoms. The van der Waals surface area contributed by atoms with Gasteiger partial charge in [-0.15, -0.1) is 0 Å². The first-order valence-corrected chi connectivity index (χ1v) is 16.2. The number of furan rings is 1. The monoisotopic (exact) mass is 596 g/mol. The summed E-state index contributed by atoms with van der Waals surface area (Å²) >= 11 is 0. The molecule has 0 aliphatic rings. The maximum Gasteiger partial charge on any atom is 0.136 e. The molecule has 0 amide bonds. The van der Waals surface area contributed by atoms with Gasteiger partial charge in [0.2, 0.25) is 0 Å². The normalized spacial score (nSPS) is 11.8. The van der Waals surface area contributed by atoms with E-state index in [1.807, 2.05) is 6.07 Å². The summed E-state index contributed by atoms with van der Waals surface area (Å²) in [6, 6.07) is 61.6. The fraction of sp³-hybridized carbons (Fsp3) is 0. The summed E-state index contributed by atoms with van der Waals surface area (Å²) in [5, 5.41) is 12.4. The van der Waals surface area contributed by atoms with Crippen LogP contribution in [0.5, 0.6) is 0 Å². The van der Waals surface area contributed by atoms with Crippen molar-refractivity contribution in [2.45, 2.75) is 0 Å². The molecule has 0 radical (unpaired) electrons. The van der Waals surface area contributed by atoms with E-state index in [1.165, 1.54) is 76.5 Å². The van der Waals surface area contributed by atoms with Crippen LogP contribution in [0.15, 0.2) is 174 Å². The van der Waals surface area contributed by atoms with E-state index in [4.69, 9.17) is 4.42 Å². The SMILES string of the molecule is c1ccc2c(-c3c4ccccc4c(-c4cccc5c(-c6cccc7oc8ccccc8c67)cccc45)c4ccccc34)cccc2c1. The lowest BCUT2D eigenvalue weighted by Crippen LogP contribution is -1.92. The van der Waals surface area contributed by atoms with Crippen molar-refractivity contribution in [1.82, 2.24) is 0 Å². The molecule has 9 aromatic carbocycles. The van der Waals surface area contributed by atoms with E-state index in [-0.39, 0.29) is 0 Å². The Bertz CT molecular complexity index is 2790. The summed E-state index contributed by atoms with van der Waals surface area (Å²) in [6.45, 7) is 0. The van der Waals surface area contributed by atoms with Crippen molar-refractivity contribution in [3.63, 3.8) is 0 Å². The average molecular weight is 597 g/mol. The van der Waals surface area contributed by atoms with Crippen molar-refractivity contribution < 1.29 is 4.42 Å². The van der Waals surface area contributed by atoms with Crippen LogP contribution >= 0.6 is 0 Å². The first-order valence-electron chi connectivity index (χ1n) is 16.2. The molecule has 1 heteroatoms. The maximum atomic E-state index is 6.29. The lowest BCUT2D eigenvalue weighted by Gasteiger charge is -2.20. The lowest BCUT2D eigenvalue weighted by molar-refractivity contribution is 0.669.